The average Bonchev–Trinajstić information content (AvgIpc) is 2.37. The number of hydrogen-bond donors (Lipinski definition) is 1. The monoisotopic (exact) mass is 298 g/mol. The summed E-state index contributed by atoms with van der Waals surface area (Å²) in [4.78, 5) is 12.1. The Morgan fingerprint density at radius 2 is 2.16 bits per heavy atom. The maximum absolute atomic E-state index is 12.1. The summed E-state index contributed by atoms with van der Waals surface area (Å²) in [6.45, 7) is 5.25. The van der Waals surface area contributed by atoms with Crippen LogP contribution in [0.4, 0.5) is 0 Å². The highest BCUT2D eigenvalue weighted by atomic mass is 35.5. The van der Waals surface area contributed by atoms with Crippen LogP contribution in [0.15, 0.2) is 18.2 Å². The Morgan fingerprint density at radius 3 is 2.63 bits per heavy atom. The number of halogens is 2. The fourth-order valence-electron chi connectivity index (χ4n) is 1.58. The van der Waals surface area contributed by atoms with E-state index in [1.165, 1.54) is 0 Å². The number of amides is 1. The normalized spacial score (nSPS) is 15.2. The fraction of sp³-hybridized carbons (Fsp3) is 0.429. The molecule has 0 aliphatic carbocycles. The van der Waals surface area contributed by atoms with E-state index < -0.39 is 5.41 Å². The summed E-state index contributed by atoms with van der Waals surface area (Å²) in [7, 11) is 0. The lowest BCUT2D eigenvalue weighted by Gasteiger charge is -2.23. The molecule has 0 aliphatic heterocycles. The Hall–Kier alpha value is -1.24. The first-order valence-corrected chi connectivity index (χ1v) is 6.77. The molecular weight excluding hydrogens is 283 g/mol. The van der Waals surface area contributed by atoms with Gasteiger partial charge in [0.2, 0.25) is 5.91 Å². The van der Waals surface area contributed by atoms with Gasteiger partial charge < -0.3 is 5.32 Å². The molecule has 0 heterocycles. The molecule has 2 unspecified atom stereocenters. The quantitative estimate of drug-likeness (QED) is 0.909. The minimum absolute atomic E-state index is 0.281. The summed E-state index contributed by atoms with van der Waals surface area (Å²) in [5, 5.41) is 12.9. The summed E-state index contributed by atoms with van der Waals surface area (Å²) in [5.41, 5.74) is -0.247. The molecule has 2 atom stereocenters. The maximum Gasteiger partial charge on any atom is 0.240 e. The minimum atomic E-state index is -1.02. The molecule has 1 aromatic carbocycles. The molecule has 0 fully saturated rings. The van der Waals surface area contributed by atoms with Gasteiger partial charge in [-0.1, -0.05) is 36.2 Å². The van der Waals surface area contributed by atoms with Gasteiger partial charge in [-0.3, -0.25) is 4.79 Å². The zero-order valence-corrected chi connectivity index (χ0v) is 12.6. The third kappa shape index (κ3) is 3.62. The van der Waals surface area contributed by atoms with Crippen molar-refractivity contribution in [2.24, 2.45) is 5.41 Å². The third-order valence-electron chi connectivity index (χ3n) is 3.23. The van der Waals surface area contributed by atoms with E-state index in [1.54, 1.807) is 25.1 Å². The van der Waals surface area contributed by atoms with Crippen LogP contribution in [0.3, 0.4) is 0 Å². The molecule has 19 heavy (non-hydrogen) atoms. The van der Waals surface area contributed by atoms with Gasteiger partial charge in [-0.25, -0.2) is 0 Å². The van der Waals surface area contributed by atoms with Crippen molar-refractivity contribution in [2.45, 2.75) is 33.2 Å². The maximum atomic E-state index is 12.1. The van der Waals surface area contributed by atoms with Crippen LogP contribution in [0.25, 0.3) is 0 Å². The van der Waals surface area contributed by atoms with E-state index in [-0.39, 0.29) is 11.9 Å². The standard InChI is InChI=1S/C14H16Cl2N2O/c1-4-14(3,8-17)13(19)18-9(2)11-6-5-10(15)7-12(11)16/h5-7,9H,4H2,1-3H3,(H,18,19). The topological polar surface area (TPSA) is 52.9 Å². The summed E-state index contributed by atoms with van der Waals surface area (Å²) in [6.07, 6.45) is 0.455. The zero-order chi connectivity index (χ0) is 14.6. The van der Waals surface area contributed by atoms with Gasteiger partial charge in [0.1, 0.15) is 5.41 Å². The van der Waals surface area contributed by atoms with Gasteiger partial charge in [0.25, 0.3) is 0 Å². The summed E-state index contributed by atoms with van der Waals surface area (Å²) < 4.78 is 0. The van der Waals surface area contributed by atoms with Crippen molar-refractivity contribution >= 4 is 29.1 Å². The Bertz CT molecular complexity index is 525. The lowest BCUT2D eigenvalue weighted by Crippen LogP contribution is -2.39. The van der Waals surface area contributed by atoms with Crippen molar-refractivity contribution in [3.63, 3.8) is 0 Å². The van der Waals surface area contributed by atoms with Crippen LogP contribution in [0, 0.1) is 16.7 Å². The van der Waals surface area contributed by atoms with Crippen LogP contribution in [0.5, 0.6) is 0 Å². The molecule has 0 saturated heterocycles. The molecule has 1 amide bonds. The number of nitriles is 1. The van der Waals surface area contributed by atoms with Crippen LogP contribution in [0.1, 0.15) is 38.8 Å². The molecule has 1 aromatic rings. The molecule has 5 heteroatoms. The first kappa shape index (κ1) is 15.8. The second-order valence-corrected chi connectivity index (χ2v) is 5.50. The number of nitrogens with one attached hydrogen (secondary N) is 1. The highest BCUT2D eigenvalue weighted by molar-refractivity contribution is 6.35. The van der Waals surface area contributed by atoms with E-state index in [2.05, 4.69) is 5.32 Å². The van der Waals surface area contributed by atoms with Crippen molar-refractivity contribution in [1.82, 2.24) is 5.32 Å². The smallest absolute Gasteiger partial charge is 0.240 e. The highest BCUT2D eigenvalue weighted by Crippen LogP contribution is 2.27. The minimum Gasteiger partial charge on any atom is -0.348 e. The van der Waals surface area contributed by atoms with Gasteiger partial charge in [-0.2, -0.15) is 5.26 Å². The number of benzene rings is 1. The Morgan fingerprint density at radius 1 is 1.53 bits per heavy atom. The molecule has 0 saturated carbocycles. The summed E-state index contributed by atoms with van der Waals surface area (Å²) in [6, 6.07) is 6.88. The van der Waals surface area contributed by atoms with Gasteiger partial charge >= 0.3 is 0 Å². The van der Waals surface area contributed by atoms with Crippen molar-refractivity contribution in [3.8, 4) is 6.07 Å². The second-order valence-electron chi connectivity index (χ2n) is 4.66. The van der Waals surface area contributed by atoms with Gasteiger partial charge in [0.05, 0.1) is 12.1 Å². The Balaban J connectivity index is 2.89. The van der Waals surface area contributed by atoms with Gasteiger partial charge in [-0.05, 0) is 38.0 Å². The number of carbonyl (C=O) groups is 1. The first-order chi connectivity index (χ1) is 8.84. The van der Waals surface area contributed by atoms with E-state index in [1.807, 2.05) is 19.9 Å². The second kappa shape index (κ2) is 6.27. The van der Waals surface area contributed by atoms with Crippen LogP contribution in [-0.2, 0) is 4.79 Å². The van der Waals surface area contributed by atoms with E-state index >= 15 is 0 Å². The Kier molecular flexibility index (Phi) is 5.22. The summed E-state index contributed by atoms with van der Waals surface area (Å²) >= 11 is 11.9. The largest absolute Gasteiger partial charge is 0.348 e. The molecule has 0 bridgehead atoms. The molecule has 1 rings (SSSR count). The van der Waals surface area contributed by atoms with Gasteiger partial charge in [0, 0.05) is 10.0 Å². The lowest BCUT2D eigenvalue weighted by atomic mass is 9.88. The van der Waals surface area contributed by atoms with E-state index in [0.29, 0.717) is 16.5 Å². The van der Waals surface area contributed by atoms with Crippen molar-refractivity contribution in [2.75, 3.05) is 0 Å². The molecule has 0 spiro atoms. The van der Waals surface area contributed by atoms with Crippen LogP contribution in [0.2, 0.25) is 10.0 Å². The molecule has 0 aliphatic rings. The average molecular weight is 299 g/mol. The number of nitrogens with zero attached hydrogens (tertiary/aromatic N) is 1. The lowest BCUT2D eigenvalue weighted by molar-refractivity contribution is -0.128. The van der Waals surface area contributed by atoms with Crippen molar-refractivity contribution < 1.29 is 4.79 Å². The van der Waals surface area contributed by atoms with Crippen LogP contribution in [-0.4, -0.2) is 5.91 Å². The number of hydrogen-bond acceptors (Lipinski definition) is 2. The molecule has 102 valence electrons. The Labute approximate surface area is 123 Å². The van der Waals surface area contributed by atoms with Crippen LogP contribution >= 0.6 is 23.2 Å². The van der Waals surface area contributed by atoms with Gasteiger partial charge in [-0.15, -0.1) is 0 Å². The molecule has 3 nitrogen and oxygen atoms in total. The van der Waals surface area contributed by atoms with E-state index in [0.717, 1.165) is 5.56 Å². The third-order valence-corrected chi connectivity index (χ3v) is 3.79. The fourth-order valence-corrected chi connectivity index (χ4v) is 2.15. The molecule has 0 aromatic heterocycles. The first-order valence-electron chi connectivity index (χ1n) is 6.01. The van der Waals surface area contributed by atoms with Crippen molar-refractivity contribution in [3.05, 3.63) is 33.8 Å². The van der Waals surface area contributed by atoms with E-state index in [4.69, 9.17) is 28.5 Å². The van der Waals surface area contributed by atoms with Crippen LogP contribution < -0.4 is 5.32 Å². The SMILES string of the molecule is CCC(C)(C#N)C(=O)NC(C)c1ccc(Cl)cc1Cl. The van der Waals surface area contributed by atoms with Crippen molar-refractivity contribution in [1.29, 1.82) is 5.26 Å². The molecular formula is C14H16Cl2N2O. The molecule has 1 N–H and O–H groups in total. The molecule has 0 radical (unpaired) electrons. The number of rotatable bonds is 4. The van der Waals surface area contributed by atoms with Gasteiger partial charge in [0.15, 0.2) is 0 Å². The predicted molar refractivity (Wildman–Crippen MR) is 77.0 cm³/mol. The zero-order valence-electron chi connectivity index (χ0n) is 11.1. The predicted octanol–water partition coefficient (Wildman–Crippen LogP) is 4.11. The highest BCUT2D eigenvalue weighted by Gasteiger charge is 2.32. The number of carbonyl (C=O) groups excluding carboxylic acids is 1. The summed E-state index contributed by atoms with van der Waals surface area (Å²) in [5.74, 6) is -0.295. The van der Waals surface area contributed by atoms with E-state index in [9.17, 15) is 4.79 Å².